The van der Waals surface area contributed by atoms with Gasteiger partial charge in [0.05, 0.1) is 10.6 Å². The summed E-state index contributed by atoms with van der Waals surface area (Å²) in [5.74, 6) is -1.57. The lowest BCUT2D eigenvalue weighted by atomic mass is 10.0. The Labute approximate surface area is 265 Å². The van der Waals surface area contributed by atoms with Crippen LogP contribution in [0.15, 0.2) is 108 Å². The summed E-state index contributed by atoms with van der Waals surface area (Å²) in [5.41, 5.74) is 2.98. The molecule has 0 radical (unpaired) electrons. The molecule has 2 atom stereocenters. The van der Waals surface area contributed by atoms with Crippen LogP contribution in [0, 0.1) is 19.7 Å². The first-order valence-electron chi connectivity index (χ1n) is 15.0. The summed E-state index contributed by atoms with van der Waals surface area (Å²) in [4.78, 5) is 29.7. The first kappa shape index (κ1) is 33.4. The van der Waals surface area contributed by atoms with E-state index in [4.69, 9.17) is 0 Å². The number of carbonyl (C=O) groups is 2. The summed E-state index contributed by atoms with van der Waals surface area (Å²) in [6, 6.07) is 27.3. The molecule has 0 aromatic heterocycles. The molecule has 0 saturated carbocycles. The van der Waals surface area contributed by atoms with E-state index < -0.39 is 40.2 Å². The third kappa shape index (κ3) is 8.57. The van der Waals surface area contributed by atoms with Gasteiger partial charge >= 0.3 is 0 Å². The molecule has 0 saturated heterocycles. The molecule has 4 aromatic rings. The molecule has 0 aliphatic carbocycles. The summed E-state index contributed by atoms with van der Waals surface area (Å²) in [7, 11) is -4.21. The lowest BCUT2D eigenvalue weighted by molar-refractivity contribution is -0.140. The highest BCUT2D eigenvalue weighted by atomic mass is 32.2. The molecule has 7 nitrogen and oxygen atoms in total. The predicted molar refractivity (Wildman–Crippen MR) is 176 cm³/mol. The minimum atomic E-state index is -4.21. The van der Waals surface area contributed by atoms with Crippen LogP contribution in [0.4, 0.5) is 10.1 Å². The van der Waals surface area contributed by atoms with Crippen molar-refractivity contribution in [3.63, 3.8) is 0 Å². The molecular formula is C36H40FN3O4S. The van der Waals surface area contributed by atoms with Crippen molar-refractivity contribution in [2.24, 2.45) is 0 Å². The molecule has 45 heavy (non-hydrogen) atoms. The molecule has 0 spiro atoms. The average molecular weight is 630 g/mol. The zero-order valence-corrected chi connectivity index (χ0v) is 26.9. The second-order valence-electron chi connectivity index (χ2n) is 11.3. The lowest BCUT2D eigenvalue weighted by Gasteiger charge is -2.34. The molecule has 4 aromatic carbocycles. The maximum atomic E-state index is 15.1. The standard InChI is InChI=1S/C36H40FN3O4S/c1-5-28(4)38-36(42)34(23-29-14-8-6-9-15-29)39(24-30-16-12-13-19-33(30)37)35(41)25-40(31-21-26(2)20-27(3)22-31)45(43,44)32-17-10-7-11-18-32/h6-22,28,34H,5,23-25H2,1-4H3,(H,38,42)/t28-,34+/m0/s1. The number of hydrogen-bond donors (Lipinski definition) is 1. The zero-order valence-electron chi connectivity index (χ0n) is 26.1. The Balaban J connectivity index is 1.83. The van der Waals surface area contributed by atoms with Crippen molar-refractivity contribution in [1.82, 2.24) is 10.2 Å². The van der Waals surface area contributed by atoms with Crippen LogP contribution in [0.1, 0.15) is 42.5 Å². The Hall–Kier alpha value is -4.50. The number of rotatable bonds is 13. The van der Waals surface area contributed by atoms with Gasteiger partial charge in [-0.2, -0.15) is 0 Å². The van der Waals surface area contributed by atoms with Crippen molar-refractivity contribution in [1.29, 1.82) is 0 Å². The molecule has 9 heteroatoms. The van der Waals surface area contributed by atoms with E-state index in [1.165, 1.54) is 23.1 Å². The van der Waals surface area contributed by atoms with E-state index in [-0.39, 0.29) is 29.5 Å². The maximum absolute atomic E-state index is 15.1. The van der Waals surface area contributed by atoms with E-state index in [1.54, 1.807) is 48.5 Å². The van der Waals surface area contributed by atoms with Crippen LogP contribution in [0.5, 0.6) is 0 Å². The Morgan fingerprint density at radius 3 is 2.02 bits per heavy atom. The molecule has 0 fully saturated rings. The number of nitrogens with zero attached hydrogens (tertiary/aromatic N) is 2. The summed E-state index contributed by atoms with van der Waals surface area (Å²) in [6.07, 6.45) is 0.819. The zero-order chi connectivity index (χ0) is 32.6. The highest BCUT2D eigenvalue weighted by molar-refractivity contribution is 7.92. The number of halogens is 1. The second-order valence-corrected chi connectivity index (χ2v) is 13.2. The largest absolute Gasteiger partial charge is 0.352 e. The number of amides is 2. The van der Waals surface area contributed by atoms with Crippen molar-refractivity contribution in [2.45, 2.75) is 64.1 Å². The van der Waals surface area contributed by atoms with Gasteiger partial charge in [0.15, 0.2) is 0 Å². The van der Waals surface area contributed by atoms with Gasteiger partial charge in [-0.25, -0.2) is 12.8 Å². The van der Waals surface area contributed by atoms with E-state index in [0.29, 0.717) is 12.1 Å². The molecule has 4 rings (SSSR count). The number of aryl methyl sites for hydroxylation is 2. The van der Waals surface area contributed by atoms with Crippen LogP contribution in [0.3, 0.4) is 0 Å². The maximum Gasteiger partial charge on any atom is 0.264 e. The van der Waals surface area contributed by atoms with Crippen molar-refractivity contribution >= 4 is 27.5 Å². The monoisotopic (exact) mass is 629 g/mol. The molecular weight excluding hydrogens is 589 g/mol. The minimum Gasteiger partial charge on any atom is -0.352 e. The molecule has 0 aliphatic heterocycles. The van der Waals surface area contributed by atoms with Gasteiger partial charge in [-0.05, 0) is 74.2 Å². The summed E-state index contributed by atoms with van der Waals surface area (Å²) in [5, 5.41) is 2.98. The summed E-state index contributed by atoms with van der Waals surface area (Å²) < 4.78 is 44.4. The molecule has 1 N–H and O–H groups in total. The van der Waals surface area contributed by atoms with Crippen LogP contribution < -0.4 is 9.62 Å². The number of hydrogen-bond acceptors (Lipinski definition) is 4. The van der Waals surface area contributed by atoms with Crippen LogP contribution in [-0.2, 0) is 32.6 Å². The number of sulfonamides is 1. The Bertz CT molecular complexity index is 1690. The van der Waals surface area contributed by atoms with E-state index in [1.807, 2.05) is 64.1 Å². The number of nitrogens with one attached hydrogen (secondary N) is 1. The van der Waals surface area contributed by atoms with Gasteiger partial charge in [-0.1, -0.05) is 79.7 Å². The fourth-order valence-corrected chi connectivity index (χ4v) is 6.57. The Kier molecular flexibility index (Phi) is 11.1. The lowest BCUT2D eigenvalue weighted by Crippen LogP contribution is -2.54. The number of anilines is 1. The van der Waals surface area contributed by atoms with Crippen molar-refractivity contribution in [3.05, 3.63) is 131 Å². The van der Waals surface area contributed by atoms with Crippen molar-refractivity contribution < 1.29 is 22.4 Å². The molecule has 0 unspecified atom stereocenters. The van der Waals surface area contributed by atoms with E-state index in [9.17, 15) is 18.0 Å². The normalized spacial score (nSPS) is 12.6. The molecule has 0 aliphatic rings. The fourth-order valence-electron chi connectivity index (χ4n) is 5.15. The van der Waals surface area contributed by atoms with Crippen LogP contribution in [0.25, 0.3) is 0 Å². The minimum absolute atomic E-state index is 0.0213. The van der Waals surface area contributed by atoms with E-state index in [2.05, 4.69) is 5.32 Å². The van der Waals surface area contributed by atoms with Crippen LogP contribution in [-0.4, -0.2) is 43.8 Å². The van der Waals surface area contributed by atoms with Crippen LogP contribution >= 0.6 is 0 Å². The van der Waals surface area contributed by atoms with Crippen molar-refractivity contribution in [3.8, 4) is 0 Å². The molecule has 236 valence electrons. The first-order valence-corrected chi connectivity index (χ1v) is 16.5. The number of carbonyl (C=O) groups excluding carboxylic acids is 2. The predicted octanol–water partition coefficient (Wildman–Crippen LogP) is 6.19. The first-order chi connectivity index (χ1) is 21.5. The van der Waals surface area contributed by atoms with Gasteiger partial charge < -0.3 is 10.2 Å². The smallest absolute Gasteiger partial charge is 0.264 e. The van der Waals surface area contributed by atoms with E-state index >= 15 is 4.39 Å². The average Bonchev–Trinajstić information content (AvgIpc) is 3.02. The quantitative estimate of drug-likeness (QED) is 0.191. The summed E-state index contributed by atoms with van der Waals surface area (Å²) in [6.45, 7) is 6.68. The highest BCUT2D eigenvalue weighted by Gasteiger charge is 2.35. The molecule has 2 amide bonds. The van der Waals surface area contributed by atoms with Crippen molar-refractivity contribution in [2.75, 3.05) is 10.8 Å². The topological polar surface area (TPSA) is 86.8 Å². The Morgan fingerprint density at radius 2 is 1.42 bits per heavy atom. The fraction of sp³-hybridized carbons (Fsp3) is 0.278. The van der Waals surface area contributed by atoms with Gasteiger partial charge in [0.25, 0.3) is 10.0 Å². The van der Waals surface area contributed by atoms with Gasteiger partial charge in [0.1, 0.15) is 18.4 Å². The van der Waals surface area contributed by atoms with Gasteiger partial charge in [0.2, 0.25) is 11.8 Å². The Morgan fingerprint density at radius 1 is 0.844 bits per heavy atom. The highest BCUT2D eigenvalue weighted by Crippen LogP contribution is 2.27. The van der Waals surface area contributed by atoms with Gasteiger partial charge in [-0.15, -0.1) is 0 Å². The third-order valence-electron chi connectivity index (χ3n) is 7.68. The van der Waals surface area contributed by atoms with Crippen LogP contribution in [0.2, 0.25) is 0 Å². The molecule has 0 heterocycles. The van der Waals surface area contributed by atoms with Gasteiger partial charge in [-0.3, -0.25) is 13.9 Å². The van der Waals surface area contributed by atoms with Gasteiger partial charge in [0, 0.05) is 24.6 Å². The third-order valence-corrected chi connectivity index (χ3v) is 9.46. The summed E-state index contributed by atoms with van der Waals surface area (Å²) >= 11 is 0. The van der Waals surface area contributed by atoms with E-state index in [0.717, 1.165) is 21.0 Å². The second kappa shape index (κ2) is 15.0. The SMILES string of the molecule is CC[C@H](C)NC(=O)[C@@H](Cc1ccccc1)N(Cc1ccccc1F)C(=O)CN(c1cc(C)cc(C)c1)S(=O)(=O)c1ccccc1. The number of benzene rings is 4. The molecule has 0 bridgehead atoms.